The first-order valence-corrected chi connectivity index (χ1v) is 11.0. The zero-order valence-corrected chi connectivity index (χ0v) is 18.3. The highest BCUT2D eigenvalue weighted by atomic mass is 32.1. The lowest BCUT2D eigenvalue weighted by molar-refractivity contribution is -0.122. The zero-order valence-electron chi connectivity index (χ0n) is 17.5. The summed E-state index contributed by atoms with van der Waals surface area (Å²) < 4.78 is 5.38. The number of hydrogen-bond acceptors (Lipinski definition) is 6. The Hall–Kier alpha value is -3.26. The van der Waals surface area contributed by atoms with Crippen molar-refractivity contribution in [2.24, 2.45) is 5.92 Å². The van der Waals surface area contributed by atoms with E-state index >= 15 is 0 Å². The lowest BCUT2D eigenvalue weighted by atomic mass is 10.1. The summed E-state index contributed by atoms with van der Waals surface area (Å²) in [5, 5.41) is 12.3. The summed E-state index contributed by atoms with van der Waals surface area (Å²) in [5.74, 6) is 0.138. The van der Waals surface area contributed by atoms with Crippen molar-refractivity contribution in [3.05, 3.63) is 64.7 Å². The van der Waals surface area contributed by atoms with Crippen LogP contribution in [0.25, 0.3) is 0 Å². The zero-order chi connectivity index (χ0) is 21.8. The SMILES string of the molecule is CCc1ccccc1N1CC(C(=O)Nc2nnc(Cc3ccccc3OC)s2)CC1=O. The van der Waals surface area contributed by atoms with Crippen molar-refractivity contribution >= 4 is 34.0 Å². The first-order valence-electron chi connectivity index (χ1n) is 10.2. The van der Waals surface area contributed by atoms with Crippen LogP contribution in [0.1, 0.15) is 29.5 Å². The number of aryl methyl sites for hydroxylation is 1. The Morgan fingerprint density at radius 2 is 1.90 bits per heavy atom. The Balaban J connectivity index is 1.41. The van der Waals surface area contributed by atoms with Gasteiger partial charge in [0.05, 0.1) is 13.0 Å². The molecule has 1 N–H and O–H groups in total. The number of aromatic nitrogens is 2. The molecular formula is C23H24N4O3S. The predicted molar refractivity (Wildman–Crippen MR) is 121 cm³/mol. The Labute approximate surface area is 185 Å². The molecule has 0 saturated carbocycles. The first-order chi connectivity index (χ1) is 15.1. The van der Waals surface area contributed by atoms with Crippen LogP contribution < -0.4 is 15.0 Å². The summed E-state index contributed by atoms with van der Waals surface area (Å²) >= 11 is 1.33. The minimum atomic E-state index is -0.418. The van der Waals surface area contributed by atoms with E-state index in [-0.39, 0.29) is 18.2 Å². The molecule has 1 aromatic heterocycles. The smallest absolute Gasteiger partial charge is 0.231 e. The van der Waals surface area contributed by atoms with E-state index in [1.165, 1.54) is 11.3 Å². The first kappa shape index (κ1) is 21.0. The second-order valence-corrected chi connectivity index (χ2v) is 8.43. The number of carbonyl (C=O) groups excluding carboxylic acids is 2. The third kappa shape index (κ3) is 4.59. The van der Waals surface area contributed by atoms with Crippen molar-refractivity contribution in [3.8, 4) is 5.75 Å². The van der Waals surface area contributed by atoms with Gasteiger partial charge in [-0.3, -0.25) is 9.59 Å². The normalized spacial score (nSPS) is 15.9. The number of nitrogens with zero attached hydrogens (tertiary/aromatic N) is 3. The van der Waals surface area contributed by atoms with E-state index in [2.05, 4.69) is 22.4 Å². The molecule has 0 spiro atoms. The van der Waals surface area contributed by atoms with Crippen molar-refractivity contribution in [2.45, 2.75) is 26.2 Å². The molecule has 3 aromatic rings. The molecule has 2 aromatic carbocycles. The average molecular weight is 437 g/mol. The minimum Gasteiger partial charge on any atom is -0.496 e. The highest BCUT2D eigenvalue weighted by Crippen LogP contribution is 2.30. The van der Waals surface area contributed by atoms with Crippen molar-refractivity contribution in [3.63, 3.8) is 0 Å². The van der Waals surface area contributed by atoms with E-state index in [0.717, 1.165) is 34.0 Å². The van der Waals surface area contributed by atoms with Gasteiger partial charge in [0.15, 0.2) is 0 Å². The number of benzene rings is 2. The quantitative estimate of drug-likeness (QED) is 0.611. The standard InChI is InChI=1S/C23H24N4O3S/c1-3-15-8-4-6-10-18(15)27-14-17(13-21(27)28)22(29)24-23-26-25-20(31-23)12-16-9-5-7-11-19(16)30-2/h4-11,17H,3,12-14H2,1-2H3,(H,24,26,29). The summed E-state index contributed by atoms with van der Waals surface area (Å²) in [4.78, 5) is 27.1. The summed E-state index contributed by atoms with van der Waals surface area (Å²) in [7, 11) is 1.63. The minimum absolute atomic E-state index is 0.0322. The van der Waals surface area contributed by atoms with Crippen LogP contribution in [0.15, 0.2) is 48.5 Å². The number of para-hydroxylation sites is 2. The molecular weight excluding hydrogens is 412 g/mol. The van der Waals surface area contributed by atoms with Crippen molar-refractivity contribution in [1.29, 1.82) is 0 Å². The van der Waals surface area contributed by atoms with Gasteiger partial charge in [-0.1, -0.05) is 54.7 Å². The van der Waals surface area contributed by atoms with Crippen molar-refractivity contribution in [1.82, 2.24) is 10.2 Å². The molecule has 2 heterocycles. The Morgan fingerprint density at radius 1 is 1.16 bits per heavy atom. The monoisotopic (exact) mass is 436 g/mol. The molecule has 1 fully saturated rings. The van der Waals surface area contributed by atoms with Crippen molar-refractivity contribution in [2.75, 3.05) is 23.9 Å². The highest BCUT2D eigenvalue weighted by molar-refractivity contribution is 7.15. The molecule has 1 atom stereocenters. The van der Waals surface area contributed by atoms with E-state index in [1.54, 1.807) is 12.0 Å². The number of rotatable bonds is 7. The maximum absolute atomic E-state index is 12.8. The number of methoxy groups -OCH3 is 1. The van der Waals surface area contributed by atoms with E-state index in [9.17, 15) is 9.59 Å². The molecule has 7 nitrogen and oxygen atoms in total. The fourth-order valence-electron chi connectivity index (χ4n) is 3.78. The molecule has 4 rings (SSSR count). The van der Waals surface area contributed by atoms with E-state index in [1.807, 2.05) is 48.5 Å². The van der Waals surface area contributed by atoms with Gasteiger partial charge in [-0.2, -0.15) is 0 Å². The van der Waals surface area contributed by atoms with Gasteiger partial charge in [-0.25, -0.2) is 0 Å². The maximum Gasteiger partial charge on any atom is 0.231 e. The number of nitrogens with one attached hydrogen (secondary N) is 1. The fraction of sp³-hybridized carbons (Fsp3) is 0.304. The van der Waals surface area contributed by atoms with Crippen LogP contribution in [0.2, 0.25) is 0 Å². The van der Waals surface area contributed by atoms with Gasteiger partial charge >= 0.3 is 0 Å². The van der Waals surface area contributed by atoms with Crippen LogP contribution in [-0.4, -0.2) is 35.7 Å². The van der Waals surface area contributed by atoms with Crippen LogP contribution in [0.3, 0.4) is 0 Å². The second-order valence-electron chi connectivity index (χ2n) is 7.37. The van der Waals surface area contributed by atoms with Gasteiger partial charge in [-0.15, -0.1) is 10.2 Å². The second kappa shape index (κ2) is 9.26. The Kier molecular flexibility index (Phi) is 6.27. The molecule has 1 aliphatic heterocycles. The van der Waals surface area contributed by atoms with Crippen molar-refractivity contribution < 1.29 is 14.3 Å². The van der Waals surface area contributed by atoms with Crippen LogP contribution in [0.5, 0.6) is 5.75 Å². The molecule has 2 amide bonds. The van der Waals surface area contributed by atoms with Gasteiger partial charge in [0.25, 0.3) is 0 Å². The molecule has 1 aliphatic rings. The molecule has 0 bridgehead atoms. The Bertz CT molecular complexity index is 1100. The summed E-state index contributed by atoms with van der Waals surface area (Å²) in [5.41, 5.74) is 2.99. The molecule has 0 aliphatic carbocycles. The third-order valence-corrected chi connectivity index (χ3v) is 6.23. The summed E-state index contributed by atoms with van der Waals surface area (Å²) in [6.07, 6.45) is 1.59. The van der Waals surface area contributed by atoms with Crippen LogP contribution >= 0.6 is 11.3 Å². The number of carbonyl (C=O) groups is 2. The number of anilines is 2. The fourth-order valence-corrected chi connectivity index (χ4v) is 4.55. The molecule has 8 heteroatoms. The van der Waals surface area contributed by atoms with Crippen LogP contribution in [0.4, 0.5) is 10.8 Å². The molecule has 1 unspecified atom stereocenters. The lowest BCUT2D eigenvalue weighted by Gasteiger charge is -2.19. The van der Waals surface area contributed by atoms with E-state index in [4.69, 9.17) is 4.74 Å². The maximum atomic E-state index is 12.8. The molecule has 160 valence electrons. The van der Waals surface area contributed by atoms with Gasteiger partial charge in [0.1, 0.15) is 10.8 Å². The topological polar surface area (TPSA) is 84.4 Å². The van der Waals surface area contributed by atoms with Gasteiger partial charge in [0.2, 0.25) is 16.9 Å². The van der Waals surface area contributed by atoms with Crippen LogP contribution in [0, 0.1) is 5.92 Å². The van der Waals surface area contributed by atoms with Gasteiger partial charge in [0, 0.05) is 30.6 Å². The van der Waals surface area contributed by atoms with Gasteiger partial charge < -0.3 is 15.0 Å². The van der Waals surface area contributed by atoms with E-state index < -0.39 is 5.92 Å². The third-order valence-electron chi connectivity index (χ3n) is 5.39. The predicted octanol–water partition coefficient (Wildman–Crippen LogP) is 3.69. The summed E-state index contributed by atoms with van der Waals surface area (Å²) in [6, 6.07) is 15.6. The average Bonchev–Trinajstić information content (AvgIpc) is 3.40. The summed E-state index contributed by atoms with van der Waals surface area (Å²) in [6.45, 7) is 2.43. The highest BCUT2D eigenvalue weighted by Gasteiger charge is 2.36. The Morgan fingerprint density at radius 3 is 2.68 bits per heavy atom. The number of ether oxygens (including phenoxy) is 1. The molecule has 0 radical (unpaired) electrons. The lowest BCUT2D eigenvalue weighted by Crippen LogP contribution is -2.28. The van der Waals surface area contributed by atoms with Gasteiger partial charge in [-0.05, 0) is 24.1 Å². The molecule has 31 heavy (non-hydrogen) atoms. The largest absolute Gasteiger partial charge is 0.496 e. The molecule has 1 saturated heterocycles. The number of hydrogen-bond donors (Lipinski definition) is 1. The van der Waals surface area contributed by atoms with E-state index in [0.29, 0.717) is 18.1 Å². The number of amides is 2. The van der Waals surface area contributed by atoms with Crippen LogP contribution in [-0.2, 0) is 22.4 Å².